The summed E-state index contributed by atoms with van der Waals surface area (Å²) in [6, 6.07) is 7.46. The maximum Gasteiger partial charge on any atom is 0.238 e. The minimum atomic E-state index is -3.60. The van der Waals surface area contributed by atoms with Crippen molar-refractivity contribution in [3.05, 3.63) is 24.3 Å². The second-order valence-corrected chi connectivity index (χ2v) is 8.06. The quantitative estimate of drug-likeness (QED) is 0.898. The van der Waals surface area contributed by atoms with Crippen molar-refractivity contribution in [2.45, 2.75) is 37.6 Å². The molecule has 1 aliphatic rings. The lowest BCUT2D eigenvalue weighted by atomic mass is 9.95. The van der Waals surface area contributed by atoms with Gasteiger partial charge < -0.3 is 9.80 Å². The van der Waals surface area contributed by atoms with Crippen molar-refractivity contribution in [3.63, 3.8) is 0 Å². The molecule has 2 rings (SSSR count). The first-order valence-corrected chi connectivity index (χ1v) is 9.40. The molecular weight excluding hydrogens is 298 g/mol. The summed E-state index contributed by atoms with van der Waals surface area (Å²) in [4.78, 5) is 4.89. The van der Waals surface area contributed by atoms with Crippen LogP contribution >= 0.6 is 0 Å². The zero-order chi connectivity index (χ0) is 16.3. The van der Waals surface area contributed by atoms with Crippen LogP contribution in [-0.2, 0) is 10.0 Å². The van der Waals surface area contributed by atoms with E-state index in [0.29, 0.717) is 6.04 Å². The molecule has 0 atom stereocenters. The summed E-state index contributed by atoms with van der Waals surface area (Å²) in [6.07, 6.45) is 2.35. The van der Waals surface area contributed by atoms with Gasteiger partial charge in [-0.05, 0) is 63.9 Å². The van der Waals surface area contributed by atoms with E-state index >= 15 is 0 Å². The first-order valence-electron chi connectivity index (χ1n) is 7.85. The Hall–Kier alpha value is -1.11. The zero-order valence-electron chi connectivity index (χ0n) is 13.7. The molecular formula is C16H27N3O2S. The highest BCUT2D eigenvalue weighted by Gasteiger charge is 2.21. The van der Waals surface area contributed by atoms with Gasteiger partial charge in [0.05, 0.1) is 4.90 Å². The zero-order valence-corrected chi connectivity index (χ0v) is 14.5. The lowest BCUT2D eigenvalue weighted by Crippen LogP contribution is -2.39. The Balaban J connectivity index is 1.92. The topological polar surface area (TPSA) is 66.6 Å². The molecule has 22 heavy (non-hydrogen) atoms. The van der Waals surface area contributed by atoms with Crippen molar-refractivity contribution in [1.82, 2.24) is 4.90 Å². The summed E-state index contributed by atoms with van der Waals surface area (Å²) in [5, 5.41) is 5.13. The minimum absolute atomic E-state index is 0.171. The predicted octanol–water partition coefficient (Wildman–Crippen LogP) is 1.89. The molecule has 6 heteroatoms. The Morgan fingerprint density at radius 2 is 1.77 bits per heavy atom. The van der Waals surface area contributed by atoms with Gasteiger partial charge in [0.25, 0.3) is 0 Å². The molecule has 1 fully saturated rings. The van der Waals surface area contributed by atoms with Crippen molar-refractivity contribution < 1.29 is 8.42 Å². The Bertz CT molecular complexity index is 576. The average molecular weight is 325 g/mol. The van der Waals surface area contributed by atoms with Crippen LogP contribution in [0.25, 0.3) is 0 Å². The highest BCUT2D eigenvalue weighted by Crippen LogP contribution is 2.25. The van der Waals surface area contributed by atoms with Gasteiger partial charge in [0.1, 0.15) is 0 Å². The fraction of sp³-hybridized carbons (Fsp3) is 0.625. The van der Waals surface area contributed by atoms with E-state index in [2.05, 4.69) is 30.7 Å². The number of hydrogen-bond donors (Lipinski definition) is 1. The molecule has 1 aromatic carbocycles. The van der Waals surface area contributed by atoms with Gasteiger partial charge in [0, 0.05) is 31.4 Å². The Morgan fingerprint density at radius 1 is 1.23 bits per heavy atom. The number of benzene rings is 1. The Morgan fingerprint density at radius 3 is 2.23 bits per heavy atom. The van der Waals surface area contributed by atoms with Crippen molar-refractivity contribution >= 4 is 15.7 Å². The van der Waals surface area contributed by atoms with E-state index in [0.717, 1.165) is 31.2 Å². The molecule has 1 heterocycles. The van der Waals surface area contributed by atoms with Crippen molar-refractivity contribution in [1.29, 1.82) is 0 Å². The first kappa shape index (κ1) is 17.2. The lowest BCUT2D eigenvalue weighted by Gasteiger charge is -2.36. The van der Waals surface area contributed by atoms with E-state index in [9.17, 15) is 8.42 Å². The van der Waals surface area contributed by atoms with Gasteiger partial charge in [-0.15, -0.1) is 0 Å². The van der Waals surface area contributed by atoms with Crippen LogP contribution in [0, 0.1) is 5.92 Å². The maximum atomic E-state index is 11.3. The summed E-state index contributed by atoms with van der Waals surface area (Å²) in [7, 11) is -1.42. The molecule has 1 saturated heterocycles. The van der Waals surface area contributed by atoms with Gasteiger partial charge in [0.15, 0.2) is 0 Å². The summed E-state index contributed by atoms with van der Waals surface area (Å²) < 4.78 is 22.6. The molecule has 124 valence electrons. The van der Waals surface area contributed by atoms with Gasteiger partial charge in [-0.25, -0.2) is 13.6 Å². The monoisotopic (exact) mass is 325 g/mol. The smallest absolute Gasteiger partial charge is 0.238 e. The van der Waals surface area contributed by atoms with Gasteiger partial charge in [-0.2, -0.15) is 0 Å². The van der Waals surface area contributed by atoms with Gasteiger partial charge in [-0.1, -0.05) is 0 Å². The summed E-state index contributed by atoms with van der Waals surface area (Å²) >= 11 is 0. The van der Waals surface area contributed by atoms with Crippen LogP contribution in [0.5, 0.6) is 0 Å². The second kappa shape index (κ2) is 6.98. The molecule has 0 saturated carbocycles. The molecule has 1 aromatic rings. The van der Waals surface area contributed by atoms with Crippen LogP contribution in [-0.4, -0.2) is 46.0 Å². The van der Waals surface area contributed by atoms with E-state index in [1.807, 2.05) is 12.1 Å². The van der Waals surface area contributed by atoms with Gasteiger partial charge in [-0.3, -0.25) is 0 Å². The van der Waals surface area contributed by atoms with E-state index in [1.54, 1.807) is 12.1 Å². The SMILES string of the molecule is CC(C)N(C)CC1CCN(c2ccc(S(N)(=O)=O)cc2)CC1. The molecule has 0 aromatic heterocycles. The van der Waals surface area contributed by atoms with Crippen LogP contribution in [0.1, 0.15) is 26.7 Å². The van der Waals surface area contributed by atoms with Gasteiger partial charge in [0.2, 0.25) is 10.0 Å². The molecule has 0 unspecified atom stereocenters. The molecule has 0 spiro atoms. The number of piperidine rings is 1. The van der Waals surface area contributed by atoms with E-state index in [1.165, 1.54) is 12.8 Å². The fourth-order valence-corrected chi connectivity index (χ4v) is 3.35. The van der Waals surface area contributed by atoms with Crippen LogP contribution in [0.4, 0.5) is 5.69 Å². The third-order valence-corrected chi connectivity index (χ3v) is 5.50. The van der Waals surface area contributed by atoms with Crippen molar-refractivity contribution in [3.8, 4) is 0 Å². The Labute approximate surface area is 134 Å². The Kier molecular flexibility index (Phi) is 5.47. The van der Waals surface area contributed by atoms with Crippen LogP contribution in [0.3, 0.4) is 0 Å². The van der Waals surface area contributed by atoms with Crippen LogP contribution < -0.4 is 10.0 Å². The molecule has 2 N–H and O–H groups in total. The number of nitrogens with two attached hydrogens (primary N) is 1. The van der Waals surface area contributed by atoms with Gasteiger partial charge >= 0.3 is 0 Å². The molecule has 5 nitrogen and oxygen atoms in total. The van der Waals surface area contributed by atoms with E-state index < -0.39 is 10.0 Å². The molecule has 1 aliphatic heterocycles. The minimum Gasteiger partial charge on any atom is -0.372 e. The number of nitrogens with zero attached hydrogens (tertiary/aromatic N) is 2. The normalized spacial score (nSPS) is 17.5. The number of rotatable bonds is 5. The standard InChI is InChI=1S/C16H27N3O2S/c1-13(2)18(3)12-14-8-10-19(11-9-14)15-4-6-16(7-5-15)22(17,20)21/h4-7,13-14H,8-12H2,1-3H3,(H2,17,20,21). The molecule has 0 radical (unpaired) electrons. The van der Waals surface area contributed by atoms with E-state index in [4.69, 9.17) is 5.14 Å². The number of sulfonamides is 1. The molecule has 0 aliphatic carbocycles. The molecule has 0 bridgehead atoms. The number of primary sulfonamides is 1. The largest absolute Gasteiger partial charge is 0.372 e. The summed E-state index contributed by atoms with van der Waals surface area (Å²) in [6.45, 7) is 7.64. The highest BCUT2D eigenvalue weighted by molar-refractivity contribution is 7.89. The summed E-state index contributed by atoms with van der Waals surface area (Å²) in [5.74, 6) is 0.743. The average Bonchev–Trinajstić information content (AvgIpc) is 2.47. The highest BCUT2D eigenvalue weighted by atomic mass is 32.2. The third-order valence-electron chi connectivity index (χ3n) is 4.57. The second-order valence-electron chi connectivity index (χ2n) is 6.50. The molecule has 0 amide bonds. The predicted molar refractivity (Wildman–Crippen MR) is 90.5 cm³/mol. The van der Waals surface area contributed by atoms with Crippen molar-refractivity contribution in [2.24, 2.45) is 11.1 Å². The number of hydrogen-bond acceptors (Lipinski definition) is 4. The third kappa shape index (κ3) is 4.44. The maximum absolute atomic E-state index is 11.3. The fourth-order valence-electron chi connectivity index (χ4n) is 2.84. The first-order chi connectivity index (χ1) is 10.3. The number of anilines is 1. The lowest BCUT2D eigenvalue weighted by molar-refractivity contribution is 0.211. The van der Waals surface area contributed by atoms with Crippen LogP contribution in [0.15, 0.2) is 29.2 Å². The van der Waals surface area contributed by atoms with Crippen molar-refractivity contribution in [2.75, 3.05) is 31.6 Å². The summed E-state index contributed by atoms with van der Waals surface area (Å²) in [5.41, 5.74) is 1.07. The van der Waals surface area contributed by atoms with E-state index in [-0.39, 0.29) is 4.90 Å². The van der Waals surface area contributed by atoms with Crippen LogP contribution in [0.2, 0.25) is 0 Å².